The second-order valence-corrected chi connectivity index (χ2v) is 7.23. The number of rotatable bonds is 4. The van der Waals surface area contributed by atoms with Crippen molar-refractivity contribution in [3.05, 3.63) is 35.4 Å². The lowest BCUT2D eigenvalue weighted by Gasteiger charge is -2.22. The lowest BCUT2D eigenvalue weighted by molar-refractivity contribution is -0.0482. The van der Waals surface area contributed by atoms with Crippen molar-refractivity contribution >= 4 is 0 Å². The summed E-state index contributed by atoms with van der Waals surface area (Å²) in [5.74, 6) is 0. The maximum atomic E-state index is 9.97. The van der Waals surface area contributed by atoms with Gasteiger partial charge in [0.25, 0.3) is 0 Å². The number of aliphatic hydroxyl groups excluding tert-OH is 1. The van der Waals surface area contributed by atoms with E-state index in [1.807, 2.05) is 20.8 Å². The smallest absolute Gasteiger partial charge is 0.0814 e. The predicted molar refractivity (Wildman–Crippen MR) is 80.6 cm³/mol. The molecule has 0 saturated carbocycles. The number of hydrogen-bond donors (Lipinski definition) is 1. The van der Waals surface area contributed by atoms with E-state index in [0.29, 0.717) is 13.0 Å². The predicted octanol–water partition coefficient (Wildman–Crippen LogP) is 3.70. The Morgan fingerprint density at radius 1 is 1.00 bits per heavy atom. The van der Waals surface area contributed by atoms with Crippen LogP contribution in [-0.4, -0.2) is 23.4 Å². The summed E-state index contributed by atoms with van der Waals surface area (Å²) < 4.78 is 5.59. The molecule has 1 unspecified atom stereocenters. The third kappa shape index (κ3) is 6.22. The van der Waals surface area contributed by atoms with Gasteiger partial charge in [0.2, 0.25) is 0 Å². The van der Waals surface area contributed by atoms with E-state index in [9.17, 15) is 5.11 Å². The fraction of sp³-hybridized carbons (Fsp3) is 0.647. The lowest BCUT2D eigenvalue weighted by atomic mass is 9.86. The first-order valence-electron chi connectivity index (χ1n) is 6.99. The molecule has 19 heavy (non-hydrogen) atoms. The van der Waals surface area contributed by atoms with Crippen molar-refractivity contribution in [3.8, 4) is 0 Å². The first kappa shape index (κ1) is 16.2. The second-order valence-electron chi connectivity index (χ2n) is 7.23. The quantitative estimate of drug-likeness (QED) is 0.898. The highest BCUT2D eigenvalue weighted by Gasteiger charge is 2.15. The summed E-state index contributed by atoms with van der Waals surface area (Å²) in [5.41, 5.74) is 2.44. The average molecular weight is 264 g/mol. The minimum absolute atomic E-state index is 0.173. The van der Waals surface area contributed by atoms with Crippen molar-refractivity contribution in [2.75, 3.05) is 6.61 Å². The summed E-state index contributed by atoms with van der Waals surface area (Å²) in [5, 5.41) is 9.97. The van der Waals surface area contributed by atoms with E-state index in [4.69, 9.17) is 4.74 Å². The van der Waals surface area contributed by atoms with Crippen molar-refractivity contribution in [2.24, 2.45) is 0 Å². The number of aliphatic hydroxyl groups is 1. The van der Waals surface area contributed by atoms with Gasteiger partial charge in [-0.3, -0.25) is 0 Å². The highest BCUT2D eigenvalue weighted by molar-refractivity contribution is 5.27. The van der Waals surface area contributed by atoms with Gasteiger partial charge >= 0.3 is 0 Å². The van der Waals surface area contributed by atoms with Gasteiger partial charge in [0, 0.05) is 6.42 Å². The molecule has 0 aliphatic rings. The topological polar surface area (TPSA) is 29.5 Å². The maximum Gasteiger partial charge on any atom is 0.0814 e. The van der Waals surface area contributed by atoms with Gasteiger partial charge in [0.1, 0.15) is 0 Å². The molecule has 0 radical (unpaired) electrons. The van der Waals surface area contributed by atoms with Crippen molar-refractivity contribution in [1.82, 2.24) is 0 Å². The zero-order valence-electron chi connectivity index (χ0n) is 13.2. The van der Waals surface area contributed by atoms with E-state index < -0.39 is 6.10 Å². The molecular weight excluding hydrogens is 236 g/mol. The molecule has 1 rings (SSSR count). The standard InChI is InChI=1S/C17H28O2/c1-16(2,3)14-9-7-13(8-10-14)11-15(18)12-19-17(4,5)6/h7-10,15,18H,11-12H2,1-6H3. The average Bonchev–Trinajstić information content (AvgIpc) is 2.25. The normalized spacial score (nSPS) is 14.5. The molecule has 0 aliphatic carbocycles. The Bertz CT molecular complexity index is 379. The van der Waals surface area contributed by atoms with Crippen LogP contribution in [0.25, 0.3) is 0 Å². The largest absolute Gasteiger partial charge is 0.390 e. The summed E-state index contributed by atoms with van der Waals surface area (Å²) in [4.78, 5) is 0. The molecule has 0 saturated heterocycles. The number of benzene rings is 1. The van der Waals surface area contributed by atoms with Crippen molar-refractivity contribution in [2.45, 2.75) is 65.1 Å². The molecule has 1 aromatic rings. The Hall–Kier alpha value is -0.860. The van der Waals surface area contributed by atoms with Crippen LogP contribution in [0.5, 0.6) is 0 Å². The van der Waals surface area contributed by atoms with Crippen LogP contribution in [-0.2, 0) is 16.6 Å². The zero-order chi connectivity index (χ0) is 14.7. The summed E-state index contributed by atoms with van der Waals surface area (Å²) in [6.45, 7) is 13.0. The Labute approximate surface area is 117 Å². The molecule has 0 bridgehead atoms. The molecule has 108 valence electrons. The Kier molecular flexibility index (Phi) is 5.17. The van der Waals surface area contributed by atoms with Crippen molar-refractivity contribution < 1.29 is 9.84 Å². The minimum atomic E-state index is -0.445. The van der Waals surface area contributed by atoms with Gasteiger partial charge in [-0.1, -0.05) is 45.0 Å². The van der Waals surface area contributed by atoms with E-state index in [1.165, 1.54) is 5.56 Å². The van der Waals surface area contributed by atoms with Crippen LogP contribution in [0.3, 0.4) is 0 Å². The number of ether oxygens (including phenoxy) is 1. The van der Waals surface area contributed by atoms with E-state index in [2.05, 4.69) is 45.0 Å². The van der Waals surface area contributed by atoms with Gasteiger partial charge < -0.3 is 9.84 Å². The van der Waals surface area contributed by atoms with Crippen LogP contribution in [0.1, 0.15) is 52.7 Å². The van der Waals surface area contributed by atoms with Gasteiger partial charge in [0.05, 0.1) is 18.3 Å². The third-order valence-electron chi connectivity index (χ3n) is 3.00. The number of hydrogen-bond acceptors (Lipinski definition) is 2. The van der Waals surface area contributed by atoms with Gasteiger partial charge in [-0.25, -0.2) is 0 Å². The first-order chi connectivity index (χ1) is 8.58. The summed E-state index contributed by atoms with van der Waals surface area (Å²) in [6, 6.07) is 8.49. The molecule has 0 amide bonds. The second kappa shape index (κ2) is 6.06. The van der Waals surface area contributed by atoms with Gasteiger partial charge in [-0.15, -0.1) is 0 Å². The summed E-state index contributed by atoms with van der Waals surface area (Å²) >= 11 is 0. The Morgan fingerprint density at radius 2 is 1.53 bits per heavy atom. The monoisotopic (exact) mass is 264 g/mol. The molecule has 1 atom stereocenters. The van der Waals surface area contributed by atoms with Crippen LogP contribution in [0.15, 0.2) is 24.3 Å². The van der Waals surface area contributed by atoms with Crippen LogP contribution in [0, 0.1) is 0 Å². The van der Waals surface area contributed by atoms with Crippen LogP contribution < -0.4 is 0 Å². The van der Waals surface area contributed by atoms with E-state index in [1.54, 1.807) is 0 Å². The van der Waals surface area contributed by atoms with Crippen molar-refractivity contribution in [3.63, 3.8) is 0 Å². The van der Waals surface area contributed by atoms with Gasteiger partial charge in [-0.05, 0) is 37.3 Å². The van der Waals surface area contributed by atoms with Crippen molar-refractivity contribution in [1.29, 1.82) is 0 Å². The molecule has 0 fully saturated rings. The summed E-state index contributed by atoms with van der Waals surface area (Å²) in [6.07, 6.45) is 0.195. The maximum absolute atomic E-state index is 9.97. The Morgan fingerprint density at radius 3 is 1.95 bits per heavy atom. The fourth-order valence-corrected chi connectivity index (χ4v) is 1.82. The third-order valence-corrected chi connectivity index (χ3v) is 3.00. The molecule has 0 spiro atoms. The fourth-order valence-electron chi connectivity index (χ4n) is 1.82. The Balaban J connectivity index is 2.54. The highest BCUT2D eigenvalue weighted by Crippen LogP contribution is 2.22. The molecule has 2 nitrogen and oxygen atoms in total. The molecule has 0 heterocycles. The van der Waals surface area contributed by atoms with E-state index in [0.717, 1.165) is 5.56 Å². The SMILES string of the molecule is CC(C)(C)OCC(O)Cc1ccc(C(C)(C)C)cc1. The van der Waals surface area contributed by atoms with E-state index in [-0.39, 0.29) is 11.0 Å². The zero-order valence-corrected chi connectivity index (χ0v) is 13.2. The lowest BCUT2D eigenvalue weighted by Crippen LogP contribution is -2.27. The first-order valence-corrected chi connectivity index (χ1v) is 6.99. The van der Waals surface area contributed by atoms with E-state index >= 15 is 0 Å². The summed E-state index contributed by atoms with van der Waals surface area (Å²) in [7, 11) is 0. The molecule has 2 heteroatoms. The molecule has 1 aromatic carbocycles. The molecule has 0 aliphatic heterocycles. The molecular formula is C17H28O2. The van der Waals surface area contributed by atoms with Gasteiger partial charge in [0.15, 0.2) is 0 Å². The highest BCUT2D eigenvalue weighted by atomic mass is 16.5. The minimum Gasteiger partial charge on any atom is -0.390 e. The molecule has 0 aromatic heterocycles. The van der Waals surface area contributed by atoms with Crippen LogP contribution in [0.4, 0.5) is 0 Å². The van der Waals surface area contributed by atoms with Crippen LogP contribution in [0.2, 0.25) is 0 Å². The van der Waals surface area contributed by atoms with Gasteiger partial charge in [-0.2, -0.15) is 0 Å². The van der Waals surface area contributed by atoms with Crippen LogP contribution >= 0.6 is 0 Å². The molecule has 1 N–H and O–H groups in total.